The molecule has 0 bridgehead atoms. The zero-order valence-corrected chi connectivity index (χ0v) is 29.5. The van der Waals surface area contributed by atoms with Gasteiger partial charge in [0.25, 0.3) is 0 Å². The van der Waals surface area contributed by atoms with Gasteiger partial charge in [-0.15, -0.1) is 0 Å². The van der Waals surface area contributed by atoms with Crippen molar-refractivity contribution in [2.75, 3.05) is 159 Å². The number of hydrogen-bond donors (Lipinski definition) is 0. The van der Waals surface area contributed by atoms with Gasteiger partial charge in [0.05, 0.1) is 145 Å². The van der Waals surface area contributed by atoms with Gasteiger partial charge in [-0.25, -0.2) is 0 Å². The molecule has 1 fully saturated rings. The molecule has 1 aliphatic heterocycles. The van der Waals surface area contributed by atoms with Crippen LogP contribution in [0, 0.1) is 0 Å². The molecule has 0 aromatic rings. The van der Waals surface area contributed by atoms with Gasteiger partial charge >= 0.3 is 0 Å². The fourth-order valence-corrected chi connectivity index (χ4v) is 4.19. The SMILES string of the molecule is CCCCCCCOCCOCCOCCOCCOCCOCCOCCOCCOCCOCCOCCOC1CCCCO1. The maximum atomic E-state index is 5.61. The molecular formula is C34H68O13. The number of unbranched alkanes of at least 4 members (excludes halogenated alkanes) is 4. The minimum Gasteiger partial charge on any atom is -0.379 e. The van der Waals surface area contributed by atoms with E-state index in [0.717, 1.165) is 32.5 Å². The third kappa shape index (κ3) is 36.6. The maximum Gasteiger partial charge on any atom is 0.157 e. The van der Waals surface area contributed by atoms with E-state index in [2.05, 4.69) is 6.92 Å². The Morgan fingerprint density at radius 3 is 1.00 bits per heavy atom. The monoisotopic (exact) mass is 684 g/mol. The van der Waals surface area contributed by atoms with E-state index in [0.29, 0.717) is 145 Å². The largest absolute Gasteiger partial charge is 0.379 e. The predicted molar refractivity (Wildman–Crippen MR) is 177 cm³/mol. The molecule has 0 aliphatic carbocycles. The third-order valence-electron chi connectivity index (χ3n) is 6.78. The topological polar surface area (TPSA) is 120 Å². The van der Waals surface area contributed by atoms with E-state index in [9.17, 15) is 0 Å². The molecule has 0 aromatic heterocycles. The van der Waals surface area contributed by atoms with Crippen molar-refractivity contribution in [3.63, 3.8) is 0 Å². The smallest absolute Gasteiger partial charge is 0.157 e. The van der Waals surface area contributed by atoms with Crippen LogP contribution in [0.2, 0.25) is 0 Å². The van der Waals surface area contributed by atoms with Gasteiger partial charge in [0.1, 0.15) is 0 Å². The van der Waals surface area contributed by atoms with Gasteiger partial charge in [0, 0.05) is 13.2 Å². The number of rotatable bonds is 40. The molecule has 1 heterocycles. The van der Waals surface area contributed by atoms with Crippen molar-refractivity contribution in [1.29, 1.82) is 0 Å². The van der Waals surface area contributed by atoms with Crippen molar-refractivity contribution in [1.82, 2.24) is 0 Å². The van der Waals surface area contributed by atoms with Gasteiger partial charge in [-0.1, -0.05) is 32.6 Å². The zero-order chi connectivity index (χ0) is 33.4. The van der Waals surface area contributed by atoms with Crippen LogP contribution < -0.4 is 0 Å². The van der Waals surface area contributed by atoms with Gasteiger partial charge in [-0.05, 0) is 25.7 Å². The Morgan fingerprint density at radius 2 is 0.681 bits per heavy atom. The summed E-state index contributed by atoms with van der Waals surface area (Å²) in [7, 11) is 0. The van der Waals surface area contributed by atoms with E-state index in [1.54, 1.807) is 0 Å². The van der Waals surface area contributed by atoms with Crippen molar-refractivity contribution in [3.05, 3.63) is 0 Å². The first-order valence-corrected chi connectivity index (χ1v) is 18.0. The zero-order valence-electron chi connectivity index (χ0n) is 29.5. The van der Waals surface area contributed by atoms with Gasteiger partial charge in [0.2, 0.25) is 0 Å². The summed E-state index contributed by atoms with van der Waals surface area (Å²) < 4.78 is 71.6. The molecule has 1 atom stereocenters. The highest BCUT2D eigenvalue weighted by atomic mass is 16.7. The Morgan fingerprint density at radius 1 is 0.362 bits per heavy atom. The molecule has 1 unspecified atom stereocenters. The van der Waals surface area contributed by atoms with Crippen LogP contribution in [0.5, 0.6) is 0 Å². The van der Waals surface area contributed by atoms with E-state index in [4.69, 9.17) is 61.6 Å². The molecule has 1 rings (SSSR count). The van der Waals surface area contributed by atoms with E-state index in [1.165, 1.54) is 32.1 Å². The quantitative estimate of drug-likeness (QED) is 0.0874. The molecular weight excluding hydrogens is 616 g/mol. The molecule has 47 heavy (non-hydrogen) atoms. The fraction of sp³-hybridized carbons (Fsp3) is 1.00. The lowest BCUT2D eigenvalue weighted by Crippen LogP contribution is -2.24. The summed E-state index contributed by atoms with van der Waals surface area (Å²) in [6.45, 7) is 15.7. The first-order chi connectivity index (χ1) is 23.4. The van der Waals surface area contributed by atoms with Crippen molar-refractivity contribution in [2.45, 2.75) is 64.6 Å². The molecule has 282 valence electrons. The molecule has 0 saturated carbocycles. The van der Waals surface area contributed by atoms with Gasteiger partial charge in [-0.3, -0.25) is 0 Å². The molecule has 0 aromatic carbocycles. The average Bonchev–Trinajstić information content (AvgIpc) is 3.09. The molecule has 13 heteroatoms. The third-order valence-corrected chi connectivity index (χ3v) is 6.78. The Labute approximate surface area is 284 Å². The van der Waals surface area contributed by atoms with E-state index >= 15 is 0 Å². The summed E-state index contributed by atoms with van der Waals surface area (Å²) >= 11 is 0. The van der Waals surface area contributed by atoms with Crippen LogP contribution in [0.15, 0.2) is 0 Å². The van der Waals surface area contributed by atoms with Crippen molar-refractivity contribution in [2.24, 2.45) is 0 Å². The van der Waals surface area contributed by atoms with E-state index in [1.807, 2.05) is 0 Å². The lowest BCUT2D eigenvalue weighted by atomic mass is 10.2. The molecule has 1 aliphatic rings. The van der Waals surface area contributed by atoms with Crippen LogP contribution in [0.4, 0.5) is 0 Å². The molecule has 0 spiro atoms. The van der Waals surface area contributed by atoms with Crippen LogP contribution in [-0.4, -0.2) is 165 Å². The lowest BCUT2D eigenvalue weighted by molar-refractivity contribution is -0.169. The Balaban J connectivity index is 1.59. The van der Waals surface area contributed by atoms with Crippen molar-refractivity contribution < 1.29 is 61.6 Å². The molecule has 1 saturated heterocycles. The molecule has 0 amide bonds. The molecule has 0 N–H and O–H groups in total. The van der Waals surface area contributed by atoms with Crippen LogP contribution in [0.25, 0.3) is 0 Å². The van der Waals surface area contributed by atoms with Crippen LogP contribution >= 0.6 is 0 Å². The number of hydrogen-bond acceptors (Lipinski definition) is 13. The van der Waals surface area contributed by atoms with Crippen LogP contribution in [0.3, 0.4) is 0 Å². The highest BCUT2D eigenvalue weighted by molar-refractivity contribution is 4.53. The van der Waals surface area contributed by atoms with Crippen molar-refractivity contribution >= 4 is 0 Å². The van der Waals surface area contributed by atoms with Crippen molar-refractivity contribution in [3.8, 4) is 0 Å². The van der Waals surface area contributed by atoms with E-state index in [-0.39, 0.29) is 6.29 Å². The molecule has 0 radical (unpaired) electrons. The summed E-state index contributed by atoms with van der Waals surface area (Å²) in [4.78, 5) is 0. The Kier molecular flexibility index (Phi) is 37.8. The highest BCUT2D eigenvalue weighted by Gasteiger charge is 2.13. The summed E-state index contributed by atoms with van der Waals surface area (Å²) in [5, 5.41) is 0. The average molecular weight is 685 g/mol. The number of ether oxygens (including phenoxy) is 13. The first-order valence-electron chi connectivity index (χ1n) is 18.0. The minimum absolute atomic E-state index is 0.0639. The minimum atomic E-state index is -0.0639. The van der Waals surface area contributed by atoms with E-state index < -0.39 is 0 Å². The van der Waals surface area contributed by atoms with Gasteiger partial charge in [-0.2, -0.15) is 0 Å². The van der Waals surface area contributed by atoms with Crippen LogP contribution in [0.1, 0.15) is 58.3 Å². The summed E-state index contributed by atoms with van der Waals surface area (Å²) in [5.74, 6) is 0. The summed E-state index contributed by atoms with van der Waals surface area (Å²) in [6, 6.07) is 0. The molecule has 13 nitrogen and oxygen atoms in total. The normalized spacial score (nSPS) is 15.1. The van der Waals surface area contributed by atoms with Crippen LogP contribution in [-0.2, 0) is 61.6 Å². The fourth-order valence-electron chi connectivity index (χ4n) is 4.19. The second-order valence-electron chi connectivity index (χ2n) is 10.8. The standard InChI is InChI=1S/C34H68O13/c1-2-3-4-5-7-10-35-12-13-36-14-15-37-16-17-38-18-19-39-20-21-40-22-23-41-24-25-42-26-27-43-28-29-44-30-31-45-32-33-47-34-9-6-8-11-46-34/h34H,2-33H2,1H3. The Bertz CT molecular complexity index is 570. The second kappa shape index (κ2) is 39.9. The Hall–Kier alpha value is -0.520. The highest BCUT2D eigenvalue weighted by Crippen LogP contribution is 2.13. The summed E-state index contributed by atoms with van der Waals surface area (Å²) in [6.07, 6.45) is 9.48. The van der Waals surface area contributed by atoms with Gasteiger partial charge in [0.15, 0.2) is 6.29 Å². The predicted octanol–water partition coefficient (Wildman–Crippen LogP) is 3.68. The second-order valence-corrected chi connectivity index (χ2v) is 10.8. The lowest BCUT2D eigenvalue weighted by Gasteiger charge is -2.22. The summed E-state index contributed by atoms with van der Waals surface area (Å²) in [5.41, 5.74) is 0. The maximum absolute atomic E-state index is 5.61. The van der Waals surface area contributed by atoms with Gasteiger partial charge < -0.3 is 61.6 Å². The first kappa shape index (κ1) is 44.5.